The molecule has 0 saturated heterocycles. The monoisotopic (exact) mass is 330 g/mol. The maximum absolute atomic E-state index is 13.1. The summed E-state index contributed by atoms with van der Waals surface area (Å²) in [6.45, 7) is 0.398. The van der Waals surface area contributed by atoms with Crippen LogP contribution in [0.3, 0.4) is 0 Å². The van der Waals surface area contributed by atoms with E-state index >= 15 is 0 Å². The standard InChI is InChI=1S/C15H11FN4O2S/c16-9-1-2-10-11(19-22-13(10)7-9)3-4-17-14(21)12-8-18-15-20(12)5-6-23-15/h1-2,5-8H,3-4H2,(H,17,21). The van der Waals surface area contributed by atoms with Crippen LogP contribution in [0, 0.1) is 5.82 Å². The van der Waals surface area contributed by atoms with Gasteiger partial charge in [-0.05, 0) is 12.1 Å². The minimum absolute atomic E-state index is 0.199. The van der Waals surface area contributed by atoms with Gasteiger partial charge in [0.05, 0.1) is 11.9 Å². The molecule has 0 fully saturated rings. The van der Waals surface area contributed by atoms with E-state index in [4.69, 9.17) is 4.52 Å². The second kappa shape index (κ2) is 5.47. The summed E-state index contributed by atoms with van der Waals surface area (Å²) in [5, 5.41) is 9.39. The molecular formula is C15H11FN4O2S. The molecule has 8 heteroatoms. The maximum Gasteiger partial charge on any atom is 0.269 e. The summed E-state index contributed by atoms with van der Waals surface area (Å²) in [5.74, 6) is -0.566. The fourth-order valence-corrected chi connectivity index (χ4v) is 3.11. The second-order valence-electron chi connectivity index (χ2n) is 4.97. The Bertz CT molecular complexity index is 1000. The number of nitrogens with one attached hydrogen (secondary N) is 1. The number of halogens is 1. The Hall–Kier alpha value is -2.74. The van der Waals surface area contributed by atoms with Gasteiger partial charge in [-0.1, -0.05) is 5.16 Å². The minimum Gasteiger partial charge on any atom is -0.356 e. The summed E-state index contributed by atoms with van der Waals surface area (Å²) in [6, 6.07) is 4.29. The van der Waals surface area contributed by atoms with Gasteiger partial charge >= 0.3 is 0 Å². The molecule has 1 N–H and O–H groups in total. The number of rotatable bonds is 4. The van der Waals surface area contributed by atoms with Gasteiger partial charge in [-0.3, -0.25) is 9.20 Å². The normalized spacial score (nSPS) is 11.3. The SMILES string of the molecule is O=C(NCCc1noc2cc(F)ccc12)c1cnc2sccn12. The molecule has 1 amide bonds. The number of nitrogens with zero attached hydrogens (tertiary/aromatic N) is 3. The van der Waals surface area contributed by atoms with E-state index in [1.54, 1.807) is 16.7 Å². The summed E-state index contributed by atoms with van der Waals surface area (Å²) in [6.07, 6.45) is 3.85. The van der Waals surface area contributed by atoms with Gasteiger partial charge in [-0.15, -0.1) is 11.3 Å². The Balaban J connectivity index is 1.45. The average molecular weight is 330 g/mol. The highest BCUT2D eigenvalue weighted by Crippen LogP contribution is 2.19. The highest BCUT2D eigenvalue weighted by molar-refractivity contribution is 7.15. The molecule has 0 atom stereocenters. The lowest BCUT2D eigenvalue weighted by Gasteiger charge is -2.02. The summed E-state index contributed by atoms with van der Waals surface area (Å²) >= 11 is 1.47. The first-order chi connectivity index (χ1) is 11.2. The number of hydrogen-bond acceptors (Lipinski definition) is 5. The van der Waals surface area contributed by atoms with E-state index in [1.807, 2.05) is 11.6 Å². The molecule has 0 saturated carbocycles. The molecule has 0 spiro atoms. The first-order valence-electron chi connectivity index (χ1n) is 6.95. The van der Waals surface area contributed by atoms with Crippen LogP contribution in [0.5, 0.6) is 0 Å². The van der Waals surface area contributed by atoms with Crippen LogP contribution in [-0.4, -0.2) is 27.0 Å². The predicted octanol–water partition coefficient (Wildman–Crippen LogP) is 2.65. The second-order valence-corrected chi connectivity index (χ2v) is 5.85. The molecule has 3 heterocycles. The predicted molar refractivity (Wildman–Crippen MR) is 83.1 cm³/mol. The number of aromatic nitrogens is 3. The van der Waals surface area contributed by atoms with Crippen LogP contribution in [0.15, 0.2) is 40.5 Å². The fraction of sp³-hybridized carbons (Fsp3) is 0.133. The number of carbonyl (C=O) groups excluding carboxylic acids is 1. The maximum atomic E-state index is 13.1. The van der Waals surface area contributed by atoms with Crippen LogP contribution < -0.4 is 5.32 Å². The molecule has 0 bridgehead atoms. The highest BCUT2D eigenvalue weighted by atomic mass is 32.1. The van der Waals surface area contributed by atoms with Crippen molar-refractivity contribution in [2.45, 2.75) is 6.42 Å². The van der Waals surface area contributed by atoms with Crippen LogP contribution in [0.2, 0.25) is 0 Å². The van der Waals surface area contributed by atoms with E-state index in [9.17, 15) is 9.18 Å². The van der Waals surface area contributed by atoms with Crippen molar-refractivity contribution in [3.8, 4) is 0 Å². The quantitative estimate of drug-likeness (QED) is 0.624. The van der Waals surface area contributed by atoms with Crippen LogP contribution >= 0.6 is 11.3 Å². The third-order valence-corrected chi connectivity index (χ3v) is 4.31. The molecule has 0 unspecified atom stereocenters. The molecule has 6 nitrogen and oxygen atoms in total. The summed E-state index contributed by atoms with van der Waals surface area (Å²) in [5.41, 5.74) is 1.59. The van der Waals surface area contributed by atoms with Gasteiger partial charge in [0.2, 0.25) is 0 Å². The number of amides is 1. The van der Waals surface area contributed by atoms with Gasteiger partial charge in [0.1, 0.15) is 11.5 Å². The van der Waals surface area contributed by atoms with Crippen molar-refractivity contribution in [3.63, 3.8) is 0 Å². The Labute approximate surface area is 133 Å². The number of fused-ring (bicyclic) bond motifs is 2. The van der Waals surface area contributed by atoms with Crippen LogP contribution in [0.1, 0.15) is 16.2 Å². The van der Waals surface area contributed by atoms with E-state index in [2.05, 4.69) is 15.5 Å². The van der Waals surface area contributed by atoms with Crippen LogP contribution in [-0.2, 0) is 6.42 Å². The molecule has 0 radical (unpaired) electrons. The first kappa shape index (κ1) is 13.9. The smallest absolute Gasteiger partial charge is 0.269 e. The van der Waals surface area contributed by atoms with Gasteiger partial charge in [0.15, 0.2) is 10.5 Å². The molecule has 0 aliphatic carbocycles. The van der Waals surface area contributed by atoms with Crippen LogP contribution in [0.25, 0.3) is 15.9 Å². The van der Waals surface area contributed by atoms with E-state index in [0.29, 0.717) is 29.9 Å². The van der Waals surface area contributed by atoms with Crippen molar-refractivity contribution >= 4 is 33.2 Å². The zero-order valence-corrected chi connectivity index (χ0v) is 12.6. The Morgan fingerprint density at radius 3 is 3.26 bits per heavy atom. The summed E-state index contributed by atoms with van der Waals surface area (Å²) in [4.78, 5) is 17.1. The number of carbonyl (C=O) groups is 1. The molecular weight excluding hydrogens is 319 g/mol. The number of thiazole rings is 1. The minimum atomic E-state index is -0.367. The van der Waals surface area contributed by atoms with Crippen molar-refractivity contribution in [1.29, 1.82) is 0 Å². The topological polar surface area (TPSA) is 72.4 Å². The van der Waals surface area contributed by atoms with E-state index in [-0.39, 0.29) is 11.7 Å². The van der Waals surface area contributed by atoms with Crippen LogP contribution in [0.4, 0.5) is 4.39 Å². The molecule has 4 aromatic rings. The zero-order chi connectivity index (χ0) is 15.8. The molecule has 3 aromatic heterocycles. The highest BCUT2D eigenvalue weighted by Gasteiger charge is 2.13. The van der Waals surface area contributed by atoms with E-state index < -0.39 is 0 Å². The van der Waals surface area contributed by atoms with Gasteiger partial charge < -0.3 is 9.84 Å². The van der Waals surface area contributed by atoms with Gasteiger partial charge in [0, 0.05) is 36.0 Å². The van der Waals surface area contributed by atoms with Gasteiger partial charge in [-0.25, -0.2) is 9.37 Å². The van der Waals surface area contributed by atoms with Gasteiger partial charge in [0.25, 0.3) is 5.91 Å². The lowest BCUT2D eigenvalue weighted by molar-refractivity contribution is 0.0948. The zero-order valence-electron chi connectivity index (χ0n) is 11.8. The summed E-state index contributed by atoms with van der Waals surface area (Å²) < 4.78 is 19.9. The number of benzene rings is 1. The van der Waals surface area contributed by atoms with Crippen molar-refractivity contribution in [2.24, 2.45) is 0 Å². The molecule has 0 aliphatic heterocycles. The lowest BCUT2D eigenvalue weighted by atomic mass is 10.1. The van der Waals surface area contributed by atoms with Crippen molar-refractivity contribution in [1.82, 2.24) is 19.9 Å². The van der Waals surface area contributed by atoms with Gasteiger partial charge in [-0.2, -0.15) is 0 Å². The molecule has 1 aromatic carbocycles. The van der Waals surface area contributed by atoms with E-state index in [0.717, 1.165) is 10.3 Å². The average Bonchev–Trinajstić information content (AvgIpc) is 3.21. The summed E-state index contributed by atoms with van der Waals surface area (Å²) in [7, 11) is 0. The Morgan fingerprint density at radius 2 is 2.35 bits per heavy atom. The molecule has 0 aliphatic rings. The number of imidazole rings is 1. The largest absolute Gasteiger partial charge is 0.356 e. The molecule has 116 valence electrons. The van der Waals surface area contributed by atoms with Crippen molar-refractivity contribution in [3.05, 3.63) is 53.2 Å². The Kier molecular flexibility index (Phi) is 3.30. The molecule has 4 rings (SSSR count). The van der Waals surface area contributed by atoms with Crippen molar-refractivity contribution in [2.75, 3.05) is 6.54 Å². The van der Waals surface area contributed by atoms with E-state index in [1.165, 1.54) is 23.5 Å². The lowest BCUT2D eigenvalue weighted by Crippen LogP contribution is -2.26. The molecule has 23 heavy (non-hydrogen) atoms. The third kappa shape index (κ3) is 2.46. The number of hydrogen-bond donors (Lipinski definition) is 1. The Morgan fingerprint density at radius 1 is 1.43 bits per heavy atom. The first-order valence-corrected chi connectivity index (χ1v) is 7.83. The third-order valence-electron chi connectivity index (χ3n) is 3.54. The fourth-order valence-electron chi connectivity index (χ4n) is 2.42. The van der Waals surface area contributed by atoms with Crippen molar-refractivity contribution < 1.29 is 13.7 Å².